The van der Waals surface area contributed by atoms with E-state index >= 15 is 0 Å². The Balaban J connectivity index is 1.84. The predicted molar refractivity (Wildman–Crippen MR) is 116 cm³/mol. The molecule has 28 heavy (non-hydrogen) atoms. The van der Waals surface area contributed by atoms with Gasteiger partial charge in [0.15, 0.2) is 0 Å². The summed E-state index contributed by atoms with van der Waals surface area (Å²) in [6, 6.07) is 28.3. The first-order chi connectivity index (χ1) is 13.7. The number of hydrogen-bond donors (Lipinski definition) is 0. The SMILES string of the molecule is CCn1c(C(=O)N(Cc2ccccc2)c2ccccc2)c(C)c2ccccc21. The molecule has 0 radical (unpaired) electrons. The van der Waals surface area contributed by atoms with Crippen molar-refractivity contribution in [1.29, 1.82) is 0 Å². The summed E-state index contributed by atoms with van der Waals surface area (Å²) in [4.78, 5) is 15.7. The number of fused-ring (bicyclic) bond motifs is 1. The van der Waals surface area contributed by atoms with Crippen LogP contribution in [0.1, 0.15) is 28.5 Å². The van der Waals surface area contributed by atoms with E-state index in [-0.39, 0.29) is 5.91 Å². The van der Waals surface area contributed by atoms with Crippen LogP contribution in [0.3, 0.4) is 0 Å². The molecule has 0 fully saturated rings. The third kappa shape index (κ3) is 3.20. The number of aryl methyl sites for hydroxylation is 2. The van der Waals surface area contributed by atoms with Crippen LogP contribution in [-0.4, -0.2) is 10.5 Å². The molecule has 140 valence electrons. The number of benzene rings is 3. The largest absolute Gasteiger partial charge is 0.337 e. The monoisotopic (exact) mass is 368 g/mol. The minimum Gasteiger partial charge on any atom is -0.337 e. The highest BCUT2D eigenvalue weighted by atomic mass is 16.2. The second kappa shape index (κ2) is 7.73. The summed E-state index contributed by atoms with van der Waals surface area (Å²) in [7, 11) is 0. The molecule has 1 heterocycles. The molecular weight excluding hydrogens is 344 g/mol. The Labute approximate surface area is 165 Å². The molecule has 0 saturated heterocycles. The van der Waals surface area contributed by atoms with Gasteiger partial charge in [-0.15, -0.1) is 0 Å². The zero-order chi connectivity index (χ0) is 19.5. The fourth-order valence-corrected chi connectivity index (χ4v) is 3.86. The van der Waals surface area contributed by atoms with Crippen molar-refractivity contribution in [3.05, 3.63) is 102 Å². The number of carbonyl (C=O) groups is 1. The Bertz CT molecular complexity index is 1100. The van der Waals surface area contributed by atoms with E-state index in [1.807, 2.05) is 72.5 Å². The van der Waals surface area contributed by atoms with E-state index in [2.05, 4.69) is 35.8 Å². The maximum absolute atomic E-state index is 13.8. The van der Waals surface area contributed by atoms with E-state index in [4.69, 9.17) is 0 Å². The quantitative estimate of drug-likeness (QED) is 0.436. The van der Waals surface area contributed by atoms with Gasteiger partial charge in [0.2, 0.25) is 0 Å². The molecule has 3 heteroatoms. The number of aromatic nitrogens is 1. The van der Waals surface area contributed by atoms with Crippen molar-refractivity contribution in [3.63, 3.8) is 0 Å². The summed E-state index contributed by atoms with van der Waals surface area (Å²) in [5.74, 6) is 0.0330. The molecule has 0 aliphatic rings. The van der Waals surface area contributed by atoms with Crippen molar-refractivity contribution in [2.75, 3.05) is 4.90 Å². The molecule has 0 atom stereocenters. The van der Waals surface area contributed by atoms with Crippen LogP contribution in [0.15, 0.2) is 84.9 Å². The minimum atomic E-state index is 0.0330. The summed E-state index contributed by atoms with van der Waals surface area (Å²) in [5.41, 5.74) is 4.93. The standard InChI is InChI=1S/C25H24N2O/c1-3-26-23-17-11-10-16-22(23)19(2)24(26)25(28)27(21-14-8-5-9-15-21)18-20-12-6-4-7-13-20/h4-17H,3,18H2,1-2H3. The molecule has 1 aromatic heterocycles. The maximum Gasteiger partial charge on any atom is 0.275 e. The number of rotatable bonds is 5. The average Bonchev–Trinajstić information content (AvgIpc) is 3.05. The number of carbonyl (C=O) groups excluding carboxylic acids is 1. The molecule has 0 saturated carbocycles. The van der Waals surface area contributed by atoms with E-state index in [0.717, 1.165) is 40.0 Å². The van der Waals surface area contributed by atoms with Gasteiger partial charge in [-0.05, 0) is 43.2 Å². The Hall–Kier alpha value is -3.33. The highest BCUT2D eigenvalue weighted by molar-refractivity contribution is 6.09. The zero-order valence-electron chi connectivity index (χ0n) is 16.3. The first-order valence-electron chi connectivity index (χ1n) is 9.69. The molecule has 4 rings (SSSR count). The molecule has 0 aliphatic heterocycles. The second-order valence-corrected chi connectivity index (χ2v) is 6.95. The fraction of sp³-hybridized carbons (Fsp3) is 0.160. The Morgan fingerprint density at radius 3 is 2.14 bits per heavy atom. The molecule has 4 aromatic rings. The van der Waals surface area contributed by atoms with Gasteiger partial charge in [0.25, 0.3) is 5.91 Å². The second-order valence-electron chi connectivity index (χ2n) is 6.95. The zero-order valence-corrected chi connectivity index (χ0v) is 16.3. The number of nitrogens with zero attached hydrogens (tertiary/aromatic N) is 2. The molecule has 1 amide bonds. The number of para-hydroxylation sites is 2. The van der Waals surface area contributed by atoms with E-state index in [0.29, 0.717) is 6.54 Å². The van der Waals surface area contributed by atoms with E-state index in [1.54, 1.807) is 0 Å². The van der Waals surface area contributed by atoms with Gasteiger partial charge in [-0.3, -0.25) is 4.79 Å². The lowest BCUT2D eigenvalue weighted by Crippen LogP contribution is -2.32. The van der Waals surface area contributed by atoms with Gasteiger partial charge in [-0.1, -0.05) is 66.7 Å². The number of hydrogen-bond acceptors (Lipinski definition) is 1. The van der Waals surface area contributed by atoms with Crippen LogP contribution >= 0.6 is 0 Å². The predicted octanol–water partition coefficient (Wildman–Crippen LogP) is 5.82. The molecule has 3 nitrogen and oxygen atoms in total. The van der Waals surface area contributed by atoms with E-state index < -0.39 is 0 Å². The van der Waals surface area contributed by atoms with Crippen LogP contribution in [0.25, 0.3) is 10.9 Å². The van der Waals surface area contributed by atoms with Crippen LogP contribution in [0.5, 0.6) is 0 Å². The van der Waals surface area contributed by atoms with Gasteiger partial charge >= 0.3 is 0 Å². The Morgan fingerprint density at radius 1 is 0.857 bits per heavy atom. The first-order valence-corrected chi connectivity index (χ1v) is 9.69. The van der Waals surface area contributed by atoms with Crippen LogP contribution in [-0.2, 0) is 13.1 Å². The van der Waals surface area contributed by atoms with E-state index in [1.165, 1.54) is 0 Å². The van der Waals surface area contributed by atoms with Gasteiger partial charge in [-0.2, -0.15) is 0 Å². The number of anilines is 1. The van der Waals surface area contributed by atoms with Crippen LogP contribution in [0.2, 0.25) is 0 Å². The highest BCUT2D eigenvalue weighted by Gasteiger charge is 2.25. The number of amides is 1. The smallest absolute Gasteiger partial charge is 0.275 e. The summed E-state index contributed by atoms with van der Waals surface area (Å²) >= 11 is 0. The highest BCUT2D eigenvalue weighted by Crippen LogP contribution is 2.29. The molecule has 0 bridgehead atoms. The molecule has 3 aromatic carbocycles. The molecule has 0 spiro atoms. The van der Waals surface area contributed by atoms with Crippen molar-refractivity contribution in [2.45, 2.75) is 26.9 Å². The average molecular weight is 368 g/mol. The van der Waals surface area contributed by atoms with Crippen LogP contribution in [0.4, 0.5) is 5.69 Å². The summed E-state index contributed by atoms with van der Waals surface area (Å²) in [5, 5.41) is 1.14. The lowest BCUT2D eigenvalue weighted by Gasteiger charge is -2.24. The van der Waals surface area contributed by atoms with Gasteiger partial charge in [-0.25, -0.2) is 0 Å². The third-order valence-electron chi connectivity index (χ3n) is 5.24. The van der Waals surface area contributed by atoms with Gasteiger partial charge in [0.05, 0.1) is 6.54 Å². The van der Waals surface area contributed by atoms with Crippen molar-refractivity contribution >= 4 is 22.5 Å². The van der Waals surface area contributed by atoms with Crippen molar-refractivity contribution in [1.82, 2.24) is 4.57 Å². The van der Waals surface area contributed by atoms with Crippen molar-refractivity contribution in [2.24, 2.45) is 0 Å². The minimum absolute atomic E-state index is 0.0330. The maximum atomic E-state index is 13.8. The Kier molecular flexibility index (Phi) is 4.98. The molecule has 0 aliphatic carbocycles. The molecular formula is C25H24N2O. The van der Waals surface area contributed by atoms with Crippen molar-refractivity contribution < 1.29 is 4.79 Å². The topological polar surface area (TPSA) is 25.2 Å². The lowest BCUT2D eigenvalue weighted by atomic mass is 10.1. The summed E-state index contributed by atoms with van der Waals surface area (Å²) in [6.07, 6.45) is 0. The Morgan fingerprint density at radius 2 is 1.46 bits per heavy atom. The van der Waals surface area contributed by atoms with Crippen LogP contribution < -0.4 is 4.90 Å². The normalized spacial score (nSPS) is 10.9. The molecule has 0 N–H and O–H groups in total. The first kappa shape index (κ1) is 18.1. The van der Waals surface area contributed by atoms with Gasteiger partial charge in [0.1, 0.15) is 5.69 Å². The summed E-state index contributed by atoms with van der Waals surface area (Å²) in [6.45, 7) is 5.43. The van der Waals surface area contributed by atoms with Gasteiger partial charge < -0.3 is 9.47 Å². The third-order valence-corrected chi connectivity index (χ3v) is 5.24. The van der Waals surface area contributed by atoms with Gasteiger partial charge in [0, 0.05) is 23.1 Å². The van der Waals surface area contributed by atoms with Crippen LogP contribution in [0, 0.1) is 6.92 Å². The van der Waals surface area contributed by atoms with Crippen molar-refractivity contribution in [3.8, 4) is 0 Å². The van der Waals surface area contributed by atoms with E-state index in [9.17, 15) is 4.79 Å². The summed E-state index contributed by atoms with van der Waals surface area (Å²) < 4.78 is 2.13. The lowest BCUT2D eigenvalue weighted by molar-refractivity contribution is 0.0976. The molecule has 0 unspecified atom stereocenters. The fourth-order valence-electron chi connectivity index (χ4n) is 3.86.